The Bertz CT molecular complexity index is 408. The van der Waals surface area contributed by atoms with Gasteiger partial charge in [-0.25, -0.2) is 0 Å². The van der Waals surface area contributed by atoms with Gasteiger partial charge in [-0.2, -0.15) is 0 Å². The summed E-state index contributed by atoms with van der Waals surface area (Å²) in [5.41, 5.74) is 0. The Hall–Kier alpha value is -1.51. The molecular formula is C14H22O8. The van der Waals surface area contributed by atoms with Gasteiger partial charge in [0.25, 0.3) is 0 Å². The van der Waals surface area contributed by atoms with E-state index >= 15 is 0 Å². The van der Waals surface area contributed by atoms with Gasteiger partial charge >= 0.3 is 11.9 Å². The van der Waals surface area contributed by atoms with Gasteiger partial charge in [0.05, 0.1) is 6.10 Å². The topological polar surface area (TPSA) is 97.4 Å². The Kier molecular flexibility index (Phi) is 7.43. The van der Waals surface area contributed by atoms with Crippen LogP contribution in [0, 0.1) is 0 Å². The average molecular weight is 318 g/mol. The molecule has 0 aromatic carbocycles. The van der Waals surface area contributed by atoms with Crippen molar-refractivity contribution in [2.24, 2.45) is 0 Å². The minimum Gasteiger partial charge on any atom is -0.463 e. The standard InChI is InChI=1S/C14H22O8/c1-8(15)5-19-14-12(6-18-10(3)16)21-7-20-9(2)13(14)22-11(4)17/h9,12-14H,5-7H2,1-4H3. The highest BCUT2D eigenvalue weighted by Crippen LogP contribution is 2.22. The van der Waals surface area contributed by atoms with Crippen molar-refractivity contribution in [3.05, 3.63) is 0 Å². The Morgan fingerprint density at radius 2 is 1.73 bits per heavy atom. The van der Waals surface area contributed by atoms with Crippen LogP contribution in [-0.4, -0.2) is 62.1 Å². The quantitative estimate of drug-likeness (QED) is 0.641. The summed E-state index contributed by atoms with van der Waals surface area (Å²) in [5.74, 6) is -1.17. The molecule has 0 amide bonds. The fraction of sp³-hybridized carbons (Fsp3) is 0.786. The van der Waals surface area contributed by atoms with E-state index in [9.17, 15) is 14.4 Å². The summed E-state index contributed by atoms with van der Waals surface area (Å²) < 4.78 is 26.6. The van der Waals surface area contributed by atoms with Gasteiger partial charge in [-0.3, -0.25) is 14.4 Å². The minimum atomic E-state index is -0.787. The zero-order valence-electron chi connectivity index (χ0n) is 13.2. The normalized spacial score (nSPS) is 28.5. The molecule has 0 aromatic rings. The average Bonchev–Trinajstić information content (AvgIpc) is 2.54. The van der Waals surface area contributed by atoms with E-state index in [0.29, 0.717) is 0 Å². The molecule has 126 valence electrons. The fourth-order valence-corrected chi connectivity index (χ4v) is 2.02. The van der Waals surface area contributed by atoms with Crippen molar-refractivity contribution >= 4 is 17.7 Å². The first-order chi connectivity index (χ1) is 10.3. The van der Waals surface area contributed by atoms with Crippen LogP contribution in [0.5, 0.6) is 0 Å². The van der Waals surface area contributed by atoms with Crippen LogP contribution in [0.3, 0.4) is 0 Å². The van der Waals surface area contributed by atoms with Gasteiger partial charge in [0.1, 0.15) is 32.2 Å². The maximum Gasteiger partial charge on any atom is 0.303 e. The molecule has 0 bridgehead atoms. The van der Waals surface area contributed by atoms with Gasteiger partial charge in [0.15, 0.2) is 11.9 Å². The van der Waals surface area contributed by atoms with E-state index < -0.39 is 36.4 Å². The van der Waals surface area contributed by atoms with E-state index in [1.807, 2.05) is 0 Å². The van der Waals surface area contributed by atoms with Gasteiger partial charge in [0.2, 0.25) is 0 Å². The summed E-state index contributed by atoms with van der Waals surface area (Å²) in [4.78, 5) is 33.4. The molecule has 22 heavy (non-hydrogen) atoms. The molecular weight excluding hydrogens is 296 g/mol. The van der Waals surface area contributed by atoms with E-state index in [4.69, 9.17) is 23.7 Å². The predicted octanol–water partition coefficient (Wildman–Crippen LogP) is 0.217. The smallest absolute Gasteiger partial charge is 0.303 e. The highest BCUT2D eigenvalue weighted by molar-refractivity contribution is 5.76. The number of carbonyl (C=O) groups excluding carboxylic acids is 3. The van der Waals surface area contributed by atoms with Crippen LogP contribution in [0.15, 0.2) is 0 Å². The lowest BCUT2D eigenvalue weighted by Crippen LogP contribution is -2.48. The van der Waals surface area contributed by atoms with Crippen LogP contribution in [0.25, 0.3) is 0 Å². The number of hydrogen-bond acceptors (Lipinski definition) is 8. The van der Waals surface area contributed by atoms with Gasteiger partial charge in [-0.1, -0.05) is 0 Å². The Labute approximate surface area is 129 Å². The number of rotatable bonds is 6. The number of Topliss-reactive ketones (excluding diaryl/α,β-unsaturated/α-hetero) is 1. The highest BCUT2D eigenvalue weighted by Gasteiger charge is 2.41. The number of ketones is 1. The molecule has 0 saturated carbocycles. The van der Waals surface area contributed by atoms with E-state index in [1.165, 1.54) is 20.8 Å². The fourth-order valence-electron chi connectivity index (χ4n) is 2.02. The molecule has 4 atom stereocenters. The molecule has 0 aliphatic carbocycles. The first-order valence-corrected chi connectivity index (χ1v) is 6.96. The van der Waals surface area contributed by atoms with E-state index in [2.05, 4.69) is 0 Å². The number of carbonyl (C=O) groups is 3. The first-order valence-electron chi connectivity index (χ1n) is 6.96. The Morgan fingerprint density at radius 3 is 2.27 bits per heavy atom. The van der Waals surface area contributed by atoms with Crippen molar-refractivity contribution in [3.63, 3.8) is 0 Å². The van der Waals surface area contributed by atoms with Gasteiger partial charge < -0.3 is 23.7 Å². The second-order valence-corrected chi connectivity index (χ2v) is 5.05. The van der Waals surface area contributed by atoms with Crippen LogP contribution in [0.1, 0.15) is 27.7 Å². The molecule has 8 heteroatoms. The van der Waals surface area contributed by atoms with Gasteiger partial charge in [-0.15, -0.1) is 0 Å². The third kappa shape index (κ3) is 6.08. The van der Waals surface area contributed by atoms with Gasteiger partial charge in [-0.05, 0) is 13.8 Å². The molecule has 1 fully saturated rings. The van der Waals surface area contributed by atoms with Crippen LogP contribution in [0.2, 0.25) is 0 Å². The van der Waals surface area contributed by atoms with Crippen LogP contribution in [-0.2, 0) is 38.1 Å². The zero-order valence-corrected chi connectivity index (χ0v) is 13.2. The summed E-state index contributed by atoms with van der Waals surface area (Å²) in [6, 6.07) is 0. The highest BCUT2D eigenvalue weighted by atomic mass is 16.7. The van der Waals surface area contributed by atoms with Crippen molar-refractivity contribution in [2.75, 3.05) is 20.0 Å². The second kappa shape index (κ2) is 8.82. The van der Waals surface area contributed by atoms with E-state index in [0.717, 1.165) is 0 Å². The minimum absolute atomic E-state index is 0.0647. The maximum atomic E-state index is 11.3. The number of ether oxygens (including phenoxy) is 5. The largest absolute Gasteiger partial charge is 0.463 e. The molecule has 8 nitrogen and oxygen atoms in total. The lowest BCUT2D eigenvalue weighted by atomic mass is 10.0. The molecule has 0 aromatic heterocycles. The third-order valence-electron chi connectivity index (χ3n) is 3.00. The van der Waals surface area contributed by atoms with Crippen LogP contribution < -0.4 is 0 Å². The predicted molar refractivity (Wildman–Crippen MR) is 72.9 cm³/mol. The molecule has 1 aliphatic heterocycles. The van der Waals surface area contributed by atoms with Crippen molar-refractivity contribution in [3.8, 4) is 0 Å². The Morgan fingerprint density at radius 1 is 1.05 bits per heavy atom. The molecule has 1 saturated heterocycles. The second-order valence-electron chi connectivity index (χ2n) is 5.05. The summed E-state index contributed by atoms with van der Waals surface area (Å²) >= 11 is 0. The van der Waals surface area contributed by atoms with Crippen LogP contribution in [0.4, 0.5) is 0 Å². The SMILES string of the molecule is CC(=O)COC1C(COC(C)=O)OCOC(C)C1OC(C)=O. The van der Waals surface area contributed by atoms with Crippen molar-refractivity contribution < 1.29 is 38.1 Å². The van der Waals surface area contributed by atoms with Crippen LogP contribution >= 0.6 is 0 Å². The number of hydrogen-bond donors (Lipinski definition) is 0. The lowest BCUT2D eigenvalue weighted by molar-refractivity contribution is -0.173. The molecule has 1 aliphatic rings. The maximum absolute atomic E-state index is 11.3. The summed E-state index contributed by atoms with van der Waals surface area (Å²) in [6.07, 6.45) is -2.77. The van der Waals surface area contributed by atoms with Crippen molar-refractivity contribution in [1.82, 2.24) is 0 Å². The lowest BCUT2D eigenvalue weighted by Gasteiger charge is -2.31. The molecule has 0 N–H and O–H groups in total. The monoisotopic (exact) mass is 318 g/mol. The molecule has 1 heterocycles. The number of esters is 2. The molecule has 1 rings (SSSR count). The van der Waals surface area contributed by atoms with Gasteiger partial charge in [0, 0.05) is 13.8 Å². The molecule has 0 radical (unpaired) electrons. The summed E-state index contributed by atoms with van der Waals surface area (Å²) in [6.45, 7) is 5.28. The molecule has 4 unspecified atom stereocenters. The van der Waals surface area contributed by atoms with Crippen molar-refractivity contribution in [2.45, 2.75) is 52.1 Å². The summed E-state index contributed by atoms with van der Waals surface area (Å²) in [5, 5.41) is 0. The van der Waals surface area contributed by atoms with E-state index in [1.54, 1.807) is 6.92 Å². The first kappa shape index (κ1) is 18.5. The van der Waals surface area contributed by atoms with E-state index in [-0.39, 0.29) is 25.8 Å². The molecule has 0 spiro atoms. The zero-order chi connectivity index (χ0) is 16.7. The van der Waals surface area contributed by atoms with Crippen molar-refractivity contribution in [1.29, 1.82) is 0 Å². The third-order valence-corrected chi connectivity index (χ3v) is 3.00. The Balaban J connectivity index is 2.91. The summed E-state index contributed by atoms with van der Waals surface area (Å²) in [7, 11) is 0.